The molecule has 2 aromatic carbocycles. The lowest BCUT2D eigenvalue weighted by Crippen LogP contribution is -2.41. The summed E-state index contributed by atoms with van der Waals surface area (Å²) in [5.74, 6) is 0.812. The highest BCUT2D eigenvalue weighted by Gasteiger charge is 2.34. The number of hydrogen-bond donors (Lipinski definition) is 1. The predicted octanol–water partition coefficient (Wildman–Crippen LogP) is 5.34. The maximum Gasteiger partial charge on any atom is 0.220 e. The molecule has 1 N–H and O–H groups in total. The van der Waals surface area contributed by atoms with Gasteiger partial charge in [-0.2, -0.15) is 0 Å². The molecule has 1 aliphatic heterocycles. The first kappa shape index (κ1) is 18.1. The van der Waals surface area contributed by atoms with Crippen LogP contribution in [-0.4, -0.2) is 11.5 Å². The number of carbonyl (C=O) groups excluding carboxylic acids is 1. The van der Waals surface area contributed by atoms with Crippen LogP contribution in [0.2, 0.25) is 10.0 Å². The summed E-state index contributed by atoms with van der Waals surface area (Å²) in [6.45, 7) is 4.07. The van der Waals surface area contributed by atoms with Crippen LogP contribution in [-0.2, 0) is 11.2 Å². The maximum absolute atomic E-state index is 12.5. The number of para-hydroxylation sites is 1. The molecule has 1 aliphatic rings. The Bertz CT molecular complexity index is 769. The first-order chi connectivity index (χ1) is 11.9. The van der Waals surface area contributed by atoms with E-state index in [1.807, 2.05) is 38.1 Å². The summed E-state index contributed by atoms with van der Waals surface area (Å²) in [6, 6.07) is 13.2. The molecule has 0 aliphatic carbocycles. The zero-order valence-electron chi connectivity index (χ0n) is 14.3. The molecule has 0 radical (unpaired) electrons. The Labute approximate surface area is 158 Å². The van der Waals surface area contributed by atoms with E-state index in [4.69, 9.17) is 27.9 Å². The molecule has 0 fully saturated rings. The fourth-order valence-electron chi connectivity index (χ4n) is 3.21. The fraction of sp³-hybridized carbons (Fsp3) is 0.350. The zero-order chi connectivity index (χ0) is 18.0. The van der Waals surface area contributed by atoms with E-state index >= 15 is 0 Å². The van der Waals surface area contributed by atoms with Gasteiger partial charge in [-0.05, 0) is 44.0 Å². The van der Waals surface area contributed by atoms with Gasteiger partial charge in [0.05, 0.1) is 6.04 Å². The van der Waals surface area contributed by atoms with Crippen molar-refractivity contribution in [3.8, 4) is 5.75 Å². The van der Waals surface area contributed by atoms with E-state index in [1.165, 1.54) is 0 Å². The lowest BCUT2D eigenvalue weighted by atomic mass is 9.89. The Balaban J connectivity index is 1.69. The molecule has 25 heavy (non-hydrogen) atoms. The third-order valence-electron chi connectivity index (χ3n) is 4.38. The van der Waals surface area contributed by atoms with Gasteiger partial charge in [-0.3, -0.25) is 4.79 Å². The number of amides is 1. The van der Waals surface area contributed by atoms with Crippen LogP contribution in [0, 0.1) is 0 Å². The van der Waals surface area contributed by atoms with Gasteiger partial charge in [0, 0.05) is 28.5 Å². The number of nitrogens with one attached hydrogen (secondary N) is 1. The molecule has 1 atom stereocenters. The van der Waals surface area contributed by atoms with Crippen LogP contribution in [0.5, 0.6) is 5.75 Å². The first-order valence-corrected chi connectivity index (χ1v) is 9.11. The molecular weight excluding hydrogens is 357 g/mol. The van der Waals surface area contributed by atoms with Gasteiger partial charge in [0.15, 0.2) is 0 Å². The third kappa shape index (κ3) is 4.28. The summed E-state index contributed by atoms with van der Waals surface area (Å²) in [5.41, 5.74) is 1.51. The monoisotopic (exact) mass is 377 g/mol. The molecular formula is C20H21Cl2NO2. The number of halogens is 2. The normalized spacial score (nSPS) is 18.2. The minimum atomic E-state index is -0.321. The molecule has 0 saturated heterocycles. The van der Waals surface area contributed by atoms with Crippen molar-refractivity contribution in [2.75, 3.05) is 0 Å². The zero-order valence-corrected chi connectivity index (χ0v) is 15.8. The summed E-state index contributed by atoms with van der Waals surface area (Å²) in [5, 5.41) is 4.33. The number of carbonyl (C=O) groups is 1. The van der Waals surface area contributed by atoms with Crippen LogP contribution in [0.4, 0.5) is 0 Å². The molecule has 3 nitrogen and oxygen atoms in total. The van der Waals surface area contributed by atoms with Gasteiger partial charge in [0.1, 0.15) is 11.4 Å². The van der Waals surface area contributed by atoms with E-state index in [0.717, 1.165) is 23.3 Å². The summed E-state index contributed by atoms with van der Waals surface area (Å²) >= 11 is 12.4. The van der Waals surface area contributed by atoms with Crippen molar-refractivity contribution < 1.29 is 9.53 Å². The summed E-state index contributed by atoms with van der Waals surface area (Å²) < 4.78 is 6.01. The van der Waals surface area contributed by atoms with Crippen LogP contribution in [0.3, 0.4) is 0 Å². The largest absolute Gasteiger partial charge is 0.487 e. The number of ether oxygens (including phenoxy) is 1. The second kappa shape index (κ2) is 7.27. The van der Waals surface area contributed by atoms with Crippen molar-refractivity contribution in [1.29, 1.82) is 0 Å². The topological polar surface area (TPSA) is 38.3 Å². The quantitative estimate of drug-likeness (QED) is 0.780. The van der Waals surface area contributed by atoms with Crippen LogP contribution in [0.25, 0.3) is 0 Å². The van der Waals surface area contributed by atoms with Crippen LogP contribution >= 0.6 is 23.2 Å². The second-order valence-corrected chi connectivity index (χ2v) is 7.74. The van der Waals surface area contributed by atoms with E-state index in [2.05, 4.69) is 5.32 Å². The average molecular weight is 378 g/mol. The van der Waals surface area contributed by atoms with Gasteiger partial charge in [0.25, 0.3) is 0 Å². The Morgan fingerprint density at radius 3 is 2.56 bits per heavy atom. The lowest BCUT2D eigenvalue weighted by Gasteiger charge is -2.37. The highest BCUT2D eigenvalue weighted by molar-refractivity contribution is 6.36. The summed E-state index contributed by atoms with van der Waals surface area (Å²) in [4.78, 5) is 12.5. The summed E-state index contributed by atoms with van der Waals surface area (Å²) in [7, 11) is 0. The maximum atomic E-state index is 12.5. The molecule has 3 rings (SSSR count). The molecule has 2 aromatic rings. The van der Waals surface area contributed by atoms with E-state index < -0.39 is 0 Å². The van der Waals surface area contributed by atoms with Crippen molar-refractivity contribution in [3.63, 3.8) is 0 Å². The Morgan fingerprint density at radius 2 is 1.84 bits per heavy atom. The van der Waals surface area contributed by atoms with Gasteiger partial charge in [0.2, 0.25) is 5.91 Å². The van der Waals surface area contributed by atoms with Gasteiger partial charge in [-0.25, -0.2) is 0 Å². The SMILES string of the molecule is CC1(C)CC(NC(=O)CCc2c(Cl)cccc2Cl)c2ccccc2O1. The molecule has 0 saturated carbocycles. The van der Waals surface area contributed by atoms with E-state index in [-0.39, 0.29) is 17.6 Å². The van der Waals surface area contributed by atoms with Gasteiger partial charge in [-0.1, -0.05) is 47.5 Å². The molecule has 1 amide bonds. The molecule has 5 heteroatoms. The van der Waals surface area contributed by atoms with E-state index in [1.54, 1.807) is 18.2 Å². The highest BCUT2D eigenvalue weighted by Crippen LogP contribution is 2.39. The predicted molar refractivity (Wildman–Crippen MR) is 101 cm³/mol. The van der Waals surface area contributed by atoms with Crippen LogP contribution < -0.4 is 10.1 Å². The first-order valence-electron chi connectivity index (χ1n) is 8.36. The van der Waals surface area contributed by atoms with Crippen LogP contribution in [0.15, 0.2) is 42.5 Å². The van der Waals surface area contributed by atoms with Gasteiger partial charge in [-0.15, -0.1) is 0 Å². The molecule has 0 aromatic heterocycles. The van der Waals surface area contributed by atoms with Gasteiger partial charge >= 0.3 is 0 Å². The minimum absolute atomic E-state index is 0.0199. The van der Waals surface area contributed by atoms with Crippen LogP contribution in [0.1, 0.15) is 43.9 Å². The highest BCUT2D eigenvalue weighted by atomic mass is 35.5. The molecule has 1 heterocycles. The minimum Gasteiger partial charge on any atom is -0.487 e. The van der Waals surface area contributed by atoms with E-state index in [0.29, 0.717) is 22.9 Å². The number of benzene rings is 2. The molecule has 0 spiro atoms. The van der Waals surface area contributed by atoms with Crippen molar-refractivity contribution in [2.45, 2.75) is 44.8 Å². The third-order valence-corrected chi connectivity index (χ3v) is 5.08. The number of hydrogen-bond acceptors (Lipinski definition) is 2. The lowest BCUT2D eigenvalue weighted by molar-refractivity contribution is -0.122. The van der Waals surface area contributed by atoms with Gasteiger partial charge < -0.3 is 10.1 Å². The van der Waals surface area contributed by atoms with Crippen molar-refractivity contribution in [2.24, 2.45) is 0 Å². The van der Waals surface area contributed by atoms with Crippen molar-refractivity contribution in [1.82, 2.24) is 5.32 Å². The Kier molecular flexibility index (Phi) is 5.26. The van der Waals surface area contributed by atoms with Crippen molar-refractivity contribution >= 4 is 29.1 Å². The molecule has 0 bridgehead atoms. The number of rotatable bonds is 4. The molecule has 132 valence electrons. The smallest absolute Gasteiger partial charge is 0.220 e. The second-order valence-electron chi connectivity index (χ2n) is 6.92. The number of fused-ring (bicyclic) bond motifs is 1. The van der Waals surface area contributed by atoms with Crippen molar-refractivity contribution in [3.05, 3.63) is 63.6 Å². The average Bonchev–Trinajstić information content (AvgIpc) is 2.53. The molecule has 1 unspecified atom stereocenters. The fourth-order valence-corrected chi connectivity index (χ4v) is 3.79. The summed E-state index contributed by atoms with van der Waals surface area (Å²) in [6.07, 6.45) is 1.57. The Hall–Kier alpha value is -1.71. The Morgan fingerprint density at radius 1 is 1.16 bits per heavy atom. The van der Waals surface area contributed by atoms with E-state index in [9.17, 15) is 4.79 Å². The standard InChI is InChI=1S/C20H21Cl2NO2/c1-20(2)12-17(14-6-3-4-9-18(14)25-20)23-19(24)11-10-13-15(21)7-5-8-16(13)22/h3-9,17H,10-12H2,1-2H3,(H,23,24).